The standard InChI is InChI=1S/C15H27N3O/c1-5-12(16-4)10-13-17-14(18-19-13)11-6-8-15(2,3)9-7-11/h11-12,16H,5-10H2,1-4H3. The summed E-state index contributed by atoms with van der Waals surface area (Å²) in [4.78, 5) is 4.60. The third-order valence-corrected chi connectivity index (χ3v) is 4.51. The highest BCUT2D eigenvalue weighted by Gasteiger charge is 2.30. The van der Waals surface area contributed by atoms with Crippen LogP contribution in [0.5, 0.6) is 0 Å². The Morgan fingerprint density at radius 2 is 2.05 bits per heavy atom. The van der Waals surface area contributed by atoms with Gasteiger partial charge >= 0.3 is 0 Å². The molecule has 1 aromatic heterocycles. The van der Waals surface area contributed by atoms with Crippen LogP contribution < -0.4 is 5.32 Å². The van der Waals surface area contributed by atoms with Gasteiger partial charge in [0.05, 0.1) is 0 Å². The maximum atomic E-state index is 5.40. The van der Waals surface area contributed by atoms with E-state index in [0.29, 0.717) is 17.4 Å². The Morgan fingerprint density at radius 1 is 1.37 bits per heavy atom. The van der Waals surface area contributed by atoms with Crippen molar-refractivity contribution in [2.45, 2.75) is 71.3 Å². The highest BCUT2D eigenvalue weighted by molar-refractivity contribution is 4.99. The predicted octanol–water partition coefficient (Wildman–Crippen LogP) is 3.29. The number of hydrogen-bond donors (Lipinski definition) is 1. The maximum absolute atomic E-state index is 5.40. The van der Waals surface area contributed by atoms with Crippen molar-refractivity contribution >= 4 is 0 Å². The number of likely N-dealkylation sites (N-methyl/N-ethyl adjacent to an activating group) is 1. The molecule has 0 amide bonds. The molecule has 1 aromatic rings. The predicted molar refractivity (Wildman–Crippen MR) is 76.1 cm³/mol. The van der Waals surface area contributed by atoms with Gasteiger partial charge in [0, 0.05) is 18.4 Å². The monoisotopic (exact) mass is 265 g/mol. The summed E-state index contributed by atoms with van der Waals surface area (Å²) >= 11 is 0. The molecule has 19 heavy (non-hydrogen) atoms. The van der Waals surface area contributed by atoms with Crippen molar-refractivity contribution in [2.75, 3.05) is 7.05 Å². The minimum absolute atomic E-state index is 0.429. The van der Waals surface area contributed by atoms with E-state index in [1.807, 2.05) is 7.05 Å². The molecule has 2 rings (SSSR count). The van der Waals surface area contributed by atoms with Crippen LogP contribution in [0, 0.1) is 5.41 Å². The van der Waals surface area contributed by atoms with E-state index >= 15 is 0 Å². The van der Waals surface area contributed by atoms with Crippen molar-refractivity contribution in [3.8, 4) is 0 Å². The number of hydrogen-bond acceptors (Lipinski definition) is 4. The van der Waals surface area contributed by atoms with E-state index < -0.39 is 0 Å². The summed E-state index contributed by atoms with van der Waals surface area (Å²) in [7, 11) is 1.98. The van der Waals surface area contributed by atoms with Crippen molar-refractivity contribution in [1.82, 2.24) is 15.5 Å². The largest absolute Gasteiger partial charge is 0.339 e. The van der Waals surface area contributed by atoms with Crippen LogP contribution in [0.15, 0.2) is 4.52 Å². The van der Waals surface area contributed by atoms with Gasteiger partial charge in [0.2, 0.25) is 5.89 Å². The van der Waals surface area contributed by atoms with Gasteiger partial charge in [-0.1, -0.05) is 25.9 Å². The van der Waals surface area contributed by atoms with Gasteiger partial charge in [-0.05, 0) is 44.6 Å². The van der Waals surface area contributed by atoms with E-state index in [4.69, 9.17) is 4.52 Å². The Labute approximate surface area is 116 Å². The number of nitrogens with zero attached hydrogens (tertiary/aromatic N) is 2. The Hall–Kier alpha value is -0.900. The average Bonchev–Trinajstić information content (AvgIpc) is 2.84. The zero-order chi connectivity index (χ0) is 13.9. The van der Waals surface area contributed by atoms with Crippen LogP contribution in [0.2, 0.25) is 0 Å². The molecule has 0 aromatic carbocycles. The van der Waals surface area contributed by atoms with E-state index in [0.717, 1.165) is 24.6 Å². The van der Waals surface area contributed by atoms with E-state index in [-0.39, 0.29) is 0 Å². The van der Waals surface area contributed by atoms with Gasteiger partial charge in [-0.15, -0.1) is 0 Å². The second-order valence-electron chi connectivity index (χ2n) is 6.58. The van der Waals surface area contributed by atoms with Gasteiger partial charge in [0.1, 0.15) is 0 Å². The van der Waals surface area contributed by atoms with Crippen molar-refractivity contribution in [1.29, 1.82) is 0 Å². The summed E-state index contributed by atoms with van der Waals surface area (Å²) < 4.78 is 5.40. The Kier molecular flexibility index (Phi) is 4.61. The van der Waals surface area contributed by atoms with Gasteiger partial charge in [-0.25, -0.2) is 0 Å². The summed E-state index contributed by atoms with van der Waals surface area (Å²) in [5.74, 6) is 2.21. The summed E-state index contributed by atoms with van der Waals surface area (Å²) in [5, 5.41) is 7.47. The first-order chi connectivity index (χ1) is 9.04. The first-order valence-electron chi connectivity index (χ1n) is 7.54. The van der Waals surface area contributed by atoms with Crippen LogP contribution in [0.3, 0.4) is 0 Å². The molecule has 0 spiro atoms. The molecular formula is C15H27N3O. The van der Waals surface area contributed by atoms with Gasteiger partial charge < -0.3 is 9.84 Å². The molecule has 0 radical (unpaired) electrons. The lowest BCUT2D eigenvalue weighted by molar-refractivity contribution is 0.218. The molecule has 1 atom stereocenters. The van der Waals surface area contributed by atoms with Gasteiger partial charge in [-0.2, -0.15) is 4.98 Å². The smallest absolute Gasteiger partial charge is 0.228 e. The minimum atomic E-state index is 0.429. The Balaban J connectivity index is 1.94. The molecule has 1 saturated carbocycles. The second kappa shape index (κ2) is 6.04. The Bertz CT molecular complexity index is 386. The molecule has 1 fully saturated rings. The molecule has 4 nitrogen and oxygen atoms in total. The zero-order valence-electron chi connectivity index (χ0n) is 12.7. The van der Waals surface area contributed by atoms with Crippen LogP contribution in [0.1, 0.15) is 70.5 Å². The van der Waals surface area contributed by atoms with Crippen LogP contribution in [0.25, 0.3) is 0 Å². The lowest BCUT2D eigenvalue weighted by atomic mass is 9.73. The normalized spacial score (nSPS) is 21.5. The Morgan fingerprint density at radius 3 is 2.63 bits per heavy atom. The fourth-order valence-electron chi connectivity index (χ4n) is 2.84. The summed E-state index contributed by atoms with van der Waals surface area (Å²) in [5.41, 5.74) is 0.489. The SMILES string of the molecule is CCC(Cc1nc(C2CCC(C)(C)CC2)no1)NC. The average molecular weight is 265 g/mol. The minimum Gasteiger partial charge on any atom is -0.339 e. The molecule has 108 valence electrons. The number of aromatic nitrogens is 2. The summed E-state index contributed by atoms with van der Waals surface area (Å²) in [6.07, 6.45) is 6.81. The first kappa shape index (κ1) is 14.5. The molecule has 0 bridgehead atoms. The molecule has 1 unspecified atom stereocenters. The van der Waals surface area contributed by atoms with Crippen LogP contribution in [0.4, 0.5) is 0 Å². The van der Waals surface area contributed by atoms with E-state index in [1.165, 1.54) is 25.7 Å². The molecule has 1 aliphatic rings. The summed E-state index contributed by atoms with van der Waals surface area (Å²) in [6, 6.07) is 0.429. The molecule has 1 aliphatic carbocycles. The highest BCUT2D eigenvalue weighted by atomic mass is 16.5. The summed E-state index contributed by atoms with van der Waals surface area (Å²) in [6.45, 7) is 6.87. The lowest BCUT2D eigenvalue weighted by Crippen LogP contribution is -2.26. The van der Waals surface area contributed by atoms with Crippen LogP contribution in [-0.4, -0.2) is 23.2 Å². The first-order valence-corrected chi connectivity index (χ1v) is 7.54. The molecule has 1 heterocycles. The fourth-order valence-corrected chi connectivity index (χ4v) is 2.84. The van der Waals surface area contributed by atoms with E-state index in [9.17, 15) is 0 Å². The quantitative estimate of drug-likeness (QED) is 0.887. The van der Waals surface area contributed by atoms with E-state index in [1.54, 1.807) is 0 Å². The van der Waals surface area contributed by atoms with Crippen molar-refractivity contribution in [3.05, 3.63) is 11.7 Å². The topological polar surface area (TPSA) is 51.0 Å². The van der Waals surface area contributed by atoms with Gasteiger partial charge in [-0.3, -0.25) is 0 Å². The van der Waals surface area contributed by atoms with Crippen LogP contribution in [-0.2, 0) is 6.42 Å². The molecule has 0 aliphatic heterocycles. The number of rotatable bonds is 5. The number of nitrogens with one attached hydrogen (secondary N) is 1. The molecule has 4 heteroatoms. The van der Waals surface area contributed by atoms with Gasteiger partial charge in [0.15, 0.2) is 5.82 Å². The van der Waals surface area contributed by atoms with Crippen molar-refractivity contribution in [3.63, 3.8) is 0 Å². The van der Waals surface area contributed by atoms with Crippen LogP contribution >= 0.6 is 0 Å². The third-order valence-electron chi connectivity index (χ3n) is 4.51. The second-order valence-corrected chi connectivity index (χ2v) is 6.58. The van der Waals surface area contributed by atoms with E-state index in [2.05, 4.69) is 36.2 Å². The highest BCUT2D eigenvalue weighted by Crippen LogP contribution is 2.41. The molecular weight excluding hydrogens is 238 g/mol. The zero-order valence-corrected chi connectivity index (χ0v) is 12.7. The lowest BCUT2D eigenvalue weighted by Gasteiger charge is -2.32. The molecule has 0 saturated heterocycles. The van der Waals surface area contributed by atoms with Gasteiger partial charge in [0.25, 0.3) is 0 Å². The van der Waals surface area contributed by atoms with Crippen molar-refractivity contribution in [2.24, 2.45) is 5.41 Å². The maximum Gasteiger partial charge on any atom is 0.228 e. The fraction of sp³-hybridized carbons (Fsp3) is 0.867. The third kappa shape index (κ3) is 3.78. The molecule has 1 N–H and O–H groups in total. The van der Waals surface area contributed by atoms with Crippen molar-refractivity contribution < 1.29 is 4.52 Å².